The van der Waals surface area contributed by atoms with Crippen LogP contribution in [0.25, 0.3) is 0 Å². The highest BCUT2D eigenvalue weighted by Gasteiger charge is 2.07. The van der Waals surface area contributed by atoms with Crippen LogP contribution in [-0.4, -0.2) is 12.6 Å². The molecule has 1 unspecified atom stereocenters. The summed E-state index contributed by atoms with van der Waals surface area (Å²) in [6.07, 6.45) is 6.87. The average Bonchev–Trinajstić information content (AvgIpc) is 2.35. The molecule has 0 amide bonds. The molecule has 0 aliphatic rings. The first-order valence-electron chi connectivity index (χ1n) is 6.91. The van der Waals surface area contributed by atoms with Gasteiger partial charge < -0.3 is 10.5 Å². The van der Waals surface area contributed by atoms with Gasteiger partial charge in [-0.15, -0.1) is 6.58 Å². The molecule has 0 radical (unpaired) electrons. The van der Waals surface area contributed by atoms with Crippen molar-refractivity contribution in [3.8, 4) is 5.75 Å². The van der Waals surface area contributed by atoms with E-state index in [1.807, 2.05) is 13.0 Å². The van der Waals surface area contributed by atoms with Gasteiger partial charge in [0.05, 0.1) is 6.61 Å². The van der Waals surface area contributed by atoms with Crippen LogP contribution in [0.5, 0.6) is 5.75 Å². The van der Waals surface area contributed by atoms with Crippen LogP contribution in [0.3, 0.4) is 0 Å². The largest absolute Gasteiger partial charge is 0.493 e. The van der Waals surface area contributed by atoms with Gasteiger partial charge in [0.15, 0.2) is 0 Å². The minimum absolute atomic E-state index is 0.00302. The molecule has 1 aromatic rings. The highest BCUT2D eigenvalue weighted by atomic mass is 19.1. The SMILES string of the molecule is C=CCCCCCOc1ccc(F)cc1CC(C)N. The van der Waals surface area contributed by atoms with Crippen molar-refractivity contribution in [1.29, 1.82) is 0 Å². The van der Waals surface area contributed by atoms with Gasteiger partial charge in [-0.05, 0) is 62.8 Å². The first kappa shape index (κ1) is 15.7. The molecule has 0 bridgehead atoms. The Morgan fingerprint density at radius 2 is 2.16 bits per heavy atom. The number of rotatable bonds is 9. The quantitative estimate of drug-likeness (QED) is 0.544. The lowest BCUT2D eigenvalue weighted by molar-refractivity contribution is 0.301. The van der Waals surface area contributed by atoms with Gasteiger partial charge in [0.2, 0.25) is 0 Å². The van der Waals surface area contributed by atoms with Crippen LogP contribution in [0, 0.1) is 5.82 Å². The van der Waals surface area contributed by atoms with Crippen LogP contribution < -0.4 is 10.5 Å². The van der Waals surface area contributed by atoms with E-state index < -0.39 is 0 Å². The zero-order chi connectivity index (χ0) is 14.1. The molecule has 0 saturated heterocycles. The van der Waals surface area contributed by atoms with Crippen molar-refractivity contribution in [1.82, 2.24) is 0 Å². The van der Waals surface area contributed by atoms with Gasteiger partial charge in [-0.1, -0.05) is 6.08 Å². The van der Waals surface area contributed by atoms with E-state index in [1.54, 1.807) is 6.07 Å². The monoisotopic (exact) mass is 265 g/mol. The Kier molecular flexibility index (Phi) is 7.19. The number of unbranched alkanes of at least 4 members (excludes halogenated alkanes) is 3. The molecule has 106 valence electrons. The van der Waals surface area contributed by atoms with Crippen molar-refractivity contribution in [2.75, 3.05) is 6.61 Å². The van der Waals surface area contributed by atoms with Crippen molar-refractivity contribution in [3.63, 3.8) is 0 Å². The number of hydrogen-bond donors (Lipinski definition) is 1. The summed E-state index contributed by atoms with van der Waals surface area (Å²) in [5.41, 5.74) is 6.61. The summed E-state index contributed by atoms with van der Waals surface area (Å²) in [5.74, 6) is 0.511. The maximum absolute atomic E-state index is 13.2. The second-order valence-electron chi connectivity index (χ2n) is 4.92. The molecule has 0 aliphatic carbocycles. The number of allylic oxidation sites excluding steroid dienone is 1. The molecule has 1 atom stereocenters. The lowest BCUT2D eigenvalue weighted by atomic mass is 10.1. The van der Waals surface area contributed by atoms with Gasteiger partial charge in [-0.3, -0.25) is 0 Å². The summed E-state index contributed by atoms with van der Waals surface area (Å²) in [6.45, 7) is 6.26. The molecule has 0 heterocycles. The predicted molar refractivity (Wildman–Crippen MR) is 77.9 cm³/mol. The summed E-state index contributed by atoms with van der Waals surface area (Å²) in [4.78, 5) is 0. The number of halogens is 1. The maximum atomic E-state index is 13.2. The van der Waals surface area contributed by atoms with Crippen LogP contribution in [0.2, 0.25) is 0 Å². The van der Waals surface area contributed by atoms with Crippen LogP contribution >= 0.6 is 0 Å². The second kappa shape index (κ2) is 8.70. The molecule has 19 heavy (non-hydrogen) atoms. The van der Waals surface area contributed by atoms with Crippen molar-refractivity contribution >= 4 is 0 Å². The molecule has 2 N–H and O–H groups in total. The van der Waals surface area contributed by atoms with Gasteiger partial charge in [0, 0.05) is 6.04 Å². The van der Waals surface area contributed by atoms with E-state index in [2.05, 4.69) is 6.58 Å². The number of ether oxygens (including phenoxy) is 1. The van der Waals surface area contributed by atoms with Crippen molar-refractivity contribution in [2.45, 2.75) is 45.1 Å². The van der Waals surface area contributed by atoms with E-state index >= 15 is 0 Å². The molecule has 0 aromatic heterocycles. The molecule has 1 aromatic carbocycles. The minimum Gasteiger partial charge on any atom is -0.493 e. The Hall–Kier alpha value is -1.35. The fourth-order valence-corrected chi connectivity index (χ4v) is 1.94. The van der Waals surface area contributed by atoms with Crippen LogP contribution in [0.15, 0.2) is 30.9 Å². The molecular weight excluding hydrogens is 241 g/mol. The topological polar surface area (TPSA) is 35.2 Å². The smallest absolute Gasteiger partial charge is 0.123 e. The standard InChI is InChI=1S/C16H24FNO/c1-3-4-5-6-7-10-19-16-9-8-15(17)12-14(16)11-13(2)18/h3,8-9,12-13H,1,4-7,10-11,18H2,2H3. The summed E-state index contributed by atoms with van der Waals surface area (Å²) >= 11 is 0. The lowest BCUT2D eigenvalue weighted by Gasteiger charge is -2.13. The van der Waals surface area contributed by atoms with Crippen LogP contribution in [0.1, 0.15) is 38.2 Å². The third-order valence-corrected chi connectivity index (χ3v) is 2.87. The molecular formula is C16H24FNO. The lowest BCUT2D eigenvalue weighted by Crippen LogP contribution is -2.18. The first-order valence-corrected chi connectivity index (χ1v) is 6.91. The summed E-state index contributed by atoms with van der Waals surface area (Å²) in [7, 11) is 0. The van der Waals surface area contributed by atoms with E-state index in [1.165, 1.54) is 12.1 Å². The fraction of sp³-hybridized carbons (Fsp3) is 0.500. The Morgan fingerprint density at radius 3 is 2.84 bits per heavy atom. The predicted octanol–water partition coefficient (Wildman–Crippen LogP) is 3.84. The van der Waals surface area contributed by atoms with Gasteiger partial charge in [0.1, 0.15) is 11.6 Å². The normalized spacial score (nSPS) is 12.2. The molecule has 2 nitrogen and oxygen atoms in total. The third-order valence-electron chi connectivity index (χ3n) is 2.87. The Morgan fingerprint density at radius 1 is 1.37 bits per heavy atom. The fourth-order valence-electron chi connectivity index (χ4n) is 1.94. The van der Waals surface area contributed by atoms with E-state index in [0.717, 1.165) is 37.0 Å². The Balaban J connectivity index is 2.45. The first-order chi connectivity index (χ1) is 9.13. The highest BCUT2D eigenvalue weighted by Crippen LogP contribution is 2.21. The van der Waals surface area contributed by atoms with Crippen molar-refractivity contribution in [3.05, 3.63) is 42.2 Å². The van der Waals surface area contributed by atoms with Gasteiger partial charge in [-0.2, -0.15) is 0 Å². The van der Waals surface area contributed by atoms with E-state index in [4.69, 9.17) is 10.5 Å². The van der Waals surface area contributed by atoms with Crippen LogP contribution in [0.4, 0.5) is 4.39 Å². The zero-order valence-electron chi connectivity index (χ0n) is 11.7. The van der Waals surface area contributed by atoms with E-state index in [-0.39, 0.29) is 11.9 Å². The Labute approximate surface area is 115 Å². The molecule has 0 aliphatic heterocycles. The second-order valence-corrected chi connectivity index (χ2v) is 4.92. The summed E-state index contributed by atoms with van der Waals surface area (Å²) in [6, 6.07) is 4.63. The summed E-state index contributed by atoms with van der Waals surface area (Å²) < 4.78 is 18.9. The van der Waals surface area contributed by atoms with Crippen LogP contribution in [-0.2, 0) is 6.42 Å². The molecule has 0 spiro atoms. The summed E-state index contributed by atoms with van der Waals surface area (Å²) in [5, 5.41) is 0. The molecule has 0 fully saturated rings. The van der Waals surface area contributed by atoms with Crippen molar-refractivity contribution < 1.29 is 9.13 Å². The van der Waals surface area contributed by atoms with E-state index in [9.17, 15) is 4.39 Å². The number of benzene rings is 1. The van der Waals surface area contributed by atoms with E-state index in [0.29, 0.717) is 13.0 Å². The molecule has 3 heteroatoms. The molecule has 0 saturated carbocycles. The third kappa shape index (κ3) is 6.39. The van der Waals surface area contributed by atoms with Gasteiger partial charge in [0.25, 0.3) is 0 Å². The molecule has 1 rings (SSSR count). The average molecular weight is 265 g/mol. The maximum Gasteiger partial charge on any atom is 0.123 e. The Bertz CT molecular complexity index is 390. The highest BCUT2D eigenvalue weighted by molar-refractivity contribution is 5.34. The number of hydrogen-bond acceptors (Lipinski definition) is 2. The van der Waals surface area contributed by atoms with Gasteiger partial charge in [-0.25, -0.2) is 4.39 Å². The van der Waals surface area contributed by atoms with Crippen molar-refractivity contribution in [2.24, 2.45) is 5.73 Å². The minimum atomic E-state index is -0.242. The van der Waals surface area contributed by atoms with Gasteiger partial charge >= 0.3 is 0 Å². The number of nitrogens with two attached hydrogens (primary N) is 1. The zero-order valence-corrected chi connectivity index (χ0v) is 11.7.